The second kappa shape index (κ2) is 7.05. The van der Waals surface area contributed by atoms with Gasteiger partial charge in [-0.3, -0.25) is 14.9 Å². The molecular formula is C17H23FN4O3. The lowest BCUT2D eigenvalue weighted by molar-refractivity contribution is -0.134. The molecule has 0 radical (unpaired) electrons. The van der Waals surface area contributed by atoms with Gasteiger partial charge in [0.25, 0.3) is 0 Å². The normalized spacial score (nSPS) is 23.5. The van der Waals surface area contributed by atoms with Crippen LogP contribution in [0.1, 0.15) is 37.2 Å². The number of nitrogens with two attached hydrogens (primary N) is 1. The molecule has 25 heavy (non-hydrogen) atoms. The summed E-state index contributed by atoms with van der Waals surface area (Å²) in [5.74, 6) is -1.40. The van der Waals surface area contributed by atoms with Gasteiger partial charge in [-0.05, 0) is 30.9 Å². The lowest BCUT2D eigenvalue weighted by Gasteiger charge is -2.40. The molecule has 0 aromatic carbocycles. The number of carbonyl (C=O) groups excluding carboxylic acids is 2. The molecule has 2 amide bonds. The summed E-state index contributed by atoms with van der Waals surface area (Å²) in [7, 11) is 1.65. The summed E-state index contributed by atoms with van der Waals surface area (Å²) in [6.07, 6.45) is 3.57. The van der Waals surface area contributed by atoms with E-state index in [0.29, 0.717) is 44.5 Å². The van der Waals surface area contributed by atoms with Gasteiger partial charge in [-0.15, -0.1) is 0 Å². The van der Waals surface area contributed by atoms with Crippen molar-refractivity contribution >= 4 is 17.6 Å². The fraction of sp³-hybridized carbons (Fsp3) is 0.588. The largest absolute Gasteiger partial charge is 0.377 e. The smallest absolute Gasteiger partial charge is 0.234 e. The van der Waals surface area contributed by atoms with Crippen LogP contribution in [0.25, 0.3) is 0 Å². The number of hydrogen-bond donors (Lipinski definition) is 2. The molecule has 7 nitrogen and oxygen atoms in total. The highest BCUT2D eigenvalue weighted by molar-refractivity contribution is 6.00. The Kier molecular flexibility index (Phi) is 5.01. The number of amides is 2. The number of piperidine rings is 2. The molecule has 1 unspecified atom stereocenters. The molecule has 0 bridgehead atoms. The number of pyridine rings is 1. The van der Waals surface area contributed by atoms with Gasteiger partial charge in [0.15, 0.2) is 11.6 Å². The summed E-state index contributed by atoms with van der Waals surface area (Å²) >= 11 is 0. The first kappa shape index (κ1) is 17.8. The van der Waals surface area contributed by atoms with E-state index in [1.807, 2.05) is 4.90 Å². The third-order valence-electron chi connectivity index (χ3n) is 5.26. The number of halogens is 1. The molecule has 2 fully saturated rings. The lowest BCUT2D eigenvalue weighted by atomic mass is 9.90. The van der Waals surface area contributed by atoms with Gasteiger partial charge < -0.3 is 15.4 Å². The van der Waals surface area contributed by atoms with Gasteiger partial charge in [-0.25, -0.2) is 9.37 Å². The summed E-state index contributed by atoms with van der Waals surface area (Å²) in [6.45, 7) is 1.64. The fourth-order valence-electron chi connectivity index (χ4n) is 3.50. The predicted octanol–water partition coefficient (Wildman–Crippen LogP) is 0.685. The number of carbonyl (C=O) groups is 2. The van der Waals surface area contributed by atoms with Crippen LogP contribution in [0.5, 0.6) is 0 Å². The number of nitrogens with zero attached hydrogens (tertiary/aromatic N) is 2. The van der Waals surface area contributed by atoms with Crippen molar-refractivity contribution in [3.05, 3.63) is 23.6 Å². The molecule has 2 aliphatic heterocycles. The molecule has 3 heterocycles. The Bertz CT molecular complexity index is 668. The van der Waals surface area contributed by atoms with Crippen LogP contribution in [-0.2, 0) is 14.3 Å². The van der Waals surface area contributed by atoms with Crippen molar-refractivity contribution in [2.45, 2.75) is 37.2 Å². The molecule has 2 aliphatic rings. The summed E-state index contributed by atoms with van der Waals surface area (Å²) in [5.41, 5.74) is 5.94. The van der Waals surface area contributed by atoms with E-state index in [9.17, 15) is 14.0 Å². The van der Waals surface area contributed by atoms with Crippen molar-refractivity contribution in [1.82, 2.24) is 10.3 Å². The van der Waals surface area contributed by atoms with Gasteiger partial charge in [0, 0.05) is 39.4 Å². The molecule has 136 valence electrons. The van der Waals surface area contributed by atoms with Crippen LogP contribution in [0.4, 0.5) is 10.2 Å². The Hall–Kier alpha value is -2.06. The van der Waals surface area contributed by atoms with Crippen molar-refractivity contribution in [1.29, 1.82) is 0 Å². The van der Waals surface area contributed by atoms with E-state index >= 15 is 0 Å². The van der Waals surface area contributed by atoms with E-state index in [1.165, 1.54) is 12.3 Å². The van der Waals surface area contributed by atoms with E-state index in [4.69, 9.17) is 10.5 Å². The number of aromatic nitrogens is 1. The van der Waals surface area contributed by atoms with E-state index < -0.39 is 17.6 Å². The van der Waals surface area contributed by atoms with Gasteiger partial charge in [-0.1, -0.05) is 0 Å². The van der Waals surface area contributed by atoms with Crippen molar-refractivity contribution in [2.75, 3.05) is 31.6 Å². The van der Waals surface area contributed by atoms with Gasteiger partial charge in [0.2, 0.25) is 11.8 Å². The number of rotatable bonds is 4. The molecule has 2 saturated heterocycles. The standard InChI is InChI=1S/C17H23FN4O3/c1-25-17(10-19)4-6-22(7-5-17)15-13(18)8-11(9-20-15)12-2-3-14(23)21-16(12)24/h8-9,12H,2-7,10,19H2,1H3,(H,21,23,24). The highest BCUT2D eigenvalue weighted by atomic mass is 19.1. The van der Waals surface area contributed by atoms with Crippen LogP contribution >= 0.6 is 0 Å². The highest BCUT2D eigenvalue weighted by Gasteiger charge is 2.35. The second-order valence-electron chi connectivity index (χ2n) is 6.66. The zero-order valence-electron chi connectivity index (χ0n) is 14.3. The minimum absolute atomic E-state index is 0.254. The molecule has 3 rings (SSSR count). The average molecular weight is 350 g/mol. The third kappa shape index (κ3) is 3.50. The van der Waals surface area contributed by atoms with Crippen LogP contribution in [0.2, 0.25) is 0 Å². The average Bonchev–Trinajstić information content (AvgIpc) is 2.62. The SMILES string of the molecule is COC1(CN)CCN(c2ncc(C3CCC(=O)NC3=O)cc2F)CC1. The summed E-state index contributed by atoms with van der Waals surface area (Å²) < 4.78 is 20.1. The molecule has 0 aliphatic carbocycles. The minimum Gasteiger partial charge on any atom is -0.377 e. The molecular weight excluding hydrogens is 327 g/mol. The predicted molar refractivity (Wildman–Crippen MR) is 89.6 cm³/mol. The number of imide groups is 1. The maximum Gasteiger partial charge on any atom is 0.234 e. The molecule has 0 saturated carbocycles. The van der Waals surface area contributed by atoms with E-state index in [2.05, 4.69) is 10.3 Å². The third-order valence-corrected chi connectivity index (χ3v) is 5.26. The van der Waals surface area contributed by atoms with Gasteiger partial charge >= 0.3 is 0 Å². The van der Waals surface area contributed by atoms with Gasteiger partial charge in [-0.2, -0.15) is 0 Å². The molecule has 1 atom stereocenters. The minimum atomic E-state index is -0.534. The lowest BCUT2D eigenvalue weighted by Crippen LogP contribution is -2.50. The van der Waals surface area contributed by atoms with E-state index in [0.717, 1.165) is 0 Å². The van der Waals surface area contributed by atoms with Crippen molar-refractivity contribution in [2.24, 2.45) is 5.73 Å². The van der Waals surface area contributed by atoms with E-state index in [1.54, 1.807) is 7.11 Å². The van der Waals surface area contributed by atoms with Crippen LogP contribution in [0, 0.1) is 5.82 Å². The van der Waals surface area contributed by atoms with Gasteiger partial charge in [0.05, 0.1) is 11.5 Å². The molecule has 1 aromatic rings. The zero-order chi connectivity index (χ0) is 18.0. The number of hydrogen-bond acceptors (Lipinski definition) is 6. The van der Waals surface area contributed by atoms with Crippen LogP contribution < -0.4 is 16.0 Å². The maximum atomic E-state index is 14.6. The summed E-state index contributed by atoms with van der Waals surface area (Å²) in [6, 6.07) is 1.35. The molecule has 3 N–H and O–H groups in total. The van der Waals surface area contributed by atoms with Crippen LogP contribution in [0.15, 0.2) is 12.3 Å². The number of nitrogens with one attached hydrogen (secondary N) is 1. The second-order valence-corrected chi connectivity index (χ2v) is 6.66. The van der Waals surface area contributed by atoms with Crippen LogP contribution in [0.3, 0.4) is 0 Å². The van der Waals surface area contributed by atoms with Crippen molar-refractivity contribution in [3.8, 4) is 0 Å². The number of ether oxygens (including phenoxy) is 1. The first-order chi connectivity index (χ1) is 12.0. The van der Waals surface area contributed by atoms with Crippen LogP contribution in [-0.4, -0.2) is 49.1 Å². The Balaban J connectivity index is 1.73. The number of anilines is 1. The maximum absolute atomic E-state index is 14.6. The van der Waals surface area contributed by atoms with Gasteiger partial charge in [0.1, 0.15) is 0 Å². The summed E-state index contributed by atoms with van der Waals surface area (Å²) in [5, 5.41) is 2.28. The fourth-order valence-corrected chi connectivity index (χ4v) is 3.50. The molecule has 1 aromatic heterocycles. The highest BCUT2D eigenvalue weighted by Crippen LogP contribution is 2.31. The topological polar surface area (TPSA) is 97.6 Å². The Morgan fingerprint density at radius 1 is 1.44 bits per heavy atom. The zero-order valence-corrected chi connectivity index (χ0v) is 14.3. The number of methoxy groups -OCH3 is 1. The van der Waals surface area contributed by atoms with Crippen molar-refractivity contribution in [3.63, 3.8) is 0 Å². The Morgan fingerprint density at radius 3 is 2.72 bits per heavy atom. The molecule has 8 heteroatoms. The first-order valence-corrected chi connectivity index (χ1v) is 8.47. The summed E-state index contributed by atoms with van der Waals surface area (Å²) in [4.78, 5) is 29.3. The van der Waals surface area contributed by atoms with E-state index in [-0.39, 0.29) is 23.7 Å². The Morgan fingerprint density at radius 2 is 2.16 bits per heavy atom. The monoisotopic (exact) mass is 350 g/mol. The van der Waals surface area contributed by atoms with Crippen molar-refractivity contribution < 1.29 is 18.7 Å². The first-order valence-electron chi connectivity index (χ1n) is 8.47. The Labute approximate surface area is 145 Å². The molecule has 0 spiro atoms. The quantitative estimate of drug-likeness (QED) is 0.775.